The second-order valence-electron chi connectivity index (χ2n) is 9.03. The molecular weight excluding hydrogens is 579 g/mol. The second-order valence-corrected chi connectivity index (χ2v) is 10.9. The maximum absolute atomic E-state index is 13.1. The highest BCUT2D eigenvalue weighted by atomic mass is 32.2. The van der Waals surface area contributed by atoms with Crippen LogP contribution in [0, 0.1) is 6.92 Å². The van der Waals surface area contributed by atoms with Gasteiger partial charge in [-0.1, -0.05) is 5.16 Å². The number of carboxylic acid groups (broad SMARTS) is 1. The van der Waals surface area contributed by atoms with Crippen molar-refractivity contribution < 1.29 is 33.3 Å². The minimum Gasteiger partial charge on any atom is -0.543 e. The Kier molecular flexibility index (Phi) is 8.13. The molecule has 18 heteroatoms. The molecular formula is C23H25FN10O5S2. The third-order valence-corrected chi connectivity index (χ3v) is 8.40. The van der Waals surface area contributed by atoms with Crippen molar-refractivity contribution in [2.24, 2.45) is 10.9 Å². The van der Waals surface area contributed by atoms with Gasteiger partial charge >= 0.3 is 5.65 Å². The number of rotatable bonds is 11. The van der Waals surface area contributed by atoms with Crippen LogP contribution in [0.5, 0.6) is 0 Å². The van der Waals surface area contributed by atoms with Crippen molar-refractivity contribution in [1.29, 1.82) is 0 Å². The number of nitrogens with two attached hydrogens (primary N) is 2. The monoisotopic (exact) mass is 604 g/mol. The Bertz CT molecular complexity index is 1590. The van der Waals surface area contributed by atoms with Gasteiger partial charge in [-0.3, -0.25) is 14.5 Å². The van der Waals surface area contributed by atoms with E-state index in [2.05, 4.69) is 34.2 Å². The summed E-state index contributed by atoms with van der Waals surface area (Å²) in [5.74, 6) is -2.25. The number of alkyl halides is 1. The van der Waals surface area contributed by atoms with Crippen molar-refractivity contribution in [2.45, 2.75) is 37.8 Å². The van der Waals surface area contributed by atoms with Crippen LogP contribution in [0.25, 0.3) is 11.2 Å². The number of aromatic nitrogens is 5. The number of hydrogen-bond donors (Lipinski definition) is 3. The number of nitrogens with zero attached hydrogens (tertiary/aromatic N) is 7. The summed E-state index contributed by atoms with van der Waals surface area (Å²) >= 11 is 2.07. The zero-order valence-electron chi connectivity index (χ0n) is 21.7. The lowest BCUT2D eigenvalue weighted by Gasteiger charge is -2.50. The van der Waals surface area contributed by atoms with Gasteiger partial charge in [0.2, 0.25) is 17.4 Å². The van der Waals surface area contributed by atoms with Gasteiger partial charge in [0.05, 0.1) is 17.9 Å². The normalized spacial score (nSPS) is 18.9. The number of amides is 2. The molecule has 0 saturated carbocycles. The van der Waals surface area contributed by atoms with E-state index in [1.807, 2.05) is 23.6 Å². The first-order valence-corrected chi connectivity index (χ1v) is 14.2. The van der Waals surface area contributed by atoms with E-state index in [9.17, 15) is 23.9 Å². The third kappa shape index (κ3) is 5.32. The molecule has 0 spiro atoms. The molecule has 3 aromatic rings. The lowest BCUT2D eigenvalue weighted by Crippen LogP contribution is -2.71. The summed E-state index contributed by atoms with van der Waals surface area (Å²) in [7, 11) is 0. The number of carboxylic acids is 1. The van der Waals surface area contributed by atoms with Crippen LogP contribution in [0.15, 0.2) is 34.8 Å². The lowest BCUT2D eigenvalue weighted by molar-refractivity contribution is -0.664. The molecule has 2 atom stereocenters. The quantitative estimate of drug-likeness (QED) is 0.0958. The second kappa shape index (κ2) is 11.8. The van der Waals surface area contributed by atoms with Crippen LogP contribution in [-0.4, -0.2) is 77.9 Å². The molecule has 0 aliphatic carbocycles. The van der Waals surface area contributed by atoms with Crippen LogP contribution >= 0.6 is 23.3 Å². The average Bonchev–Trinajstić information content (AvgIpc) is 3.52. The summed E-state index contributed by atoms with van der Waals surface area (Å²) in [6.45, 7) is 1.96. The number of imidazole rings is 1. The largest absolute Gasteiger partial charge is 0.543 e. The minimum absolute atomic E-state index is 0.0387. The van der Waals surface area contributed by atoms with Crippen molar-refractivity contribution in [1.82, 2.24) is 29.1 Å². The molecule has 15 nitrogen and oxygen atoms in total. The van der Waals surface area contributed by atoms with E-state index in [4.69, 9.17) is 11.5 Å². The van der Waals surface area contributed by atoms with Crippen LogP contribution in [0.1, 0.15) is 18.1 Å². The van der Waals surface area contributed by atoms with E-state index < -0.39 is 41.8 Å². The molecule has 0 radical (unpaired) electrons. The first kappa shape index (κ1) is 28.4. The van der Waals surface area contributed by atoms with Gasteiger partial charge in [-0.2, -0.15) is 9.36 Å². The standard InChI is InChI=1S/C23H25FN10O5S2/c1-11-27-18-13(33(11)7-3-5-25)4-2-6-32(18)8-12-9-40-21-15(20(36)34(21)16(12)22(37)38)28-19(35)14(30-39-10-24)17-29-23(26)41-31-17/h2,4,6,15,21H,3,5,7-10,25H2,1H3,(H3-,26,28,29,31,35,37,38)/b30-14-. The number of fused-ring (bicyclic) bond motifs is 2. The van der Waals surface area contributed by atoms with E-state index in [1.54, 1.807) is 6.20 Å². The lowest BCUT2D eigenvalue weighted by atomic mass is 10.0. The molecule has 2 unspecified atom stereocenters. The van der Waals surface area contributed by atoms with Gasteiger partial charge in [0.25, 0.3) is 18.7 Å². The van der Waals surface area contributed by atoms with Crippen LogP contribution in [-0.2, 0) is 32.3 Å². The van der Waals surface area contributed by atoms with Gasteiger partial charge in [0.15, 0.2) is 5.13 Å². The number of halogens is 1. The fraction of sp³-hybridized carbons (Fsp3) is 0.391. The number of thioether (sulfide) groups is 1. The van der Waals surface area contributed by atoms with Crippen molar-refractivity contribution in [3.05, 3.63) is 41.2 Å². The fourth-order valence-electron chi connectivity index (χ4n) is 4.72. The Morgan fingerprint density at radius 2 is 2.20 bits per heavy atom. The van der Waals surface area contributed by atoms with Gasteiger partial charge in [-0.25, -0.2) is 8.96 Å². The fourth-order valence-corrected chi connectivity index (χ4v) is 6.49. The molecule has 1 fully saturated rings. The molecule has 5 rings (SSSR count). The number of nitrogen functional groups attached to an aromatic ring is 1. The molecule has 2 aliphatic heterocycles. The van der Waals surface area contributed by atoms with E-state index >= 15 is 0 Å². The number of aliphatic carboxylic acids is 1. The first-order chi connectivity index (χ1) is 19.7. The number of β-lactam (4-membered cyclic amide) rings is 1. The molecule has 5 heterocycles. The summed E-state index contributed by atoms with van der Waals surface area (Å²) in [4.78, 5) is 52.3. The Morgan fingerprint density at radius 3 is 2.88 bits per heavy atom. The van der Waals surface area contributed by atoms with Crippen LogP contribution in [0.3, 0.4) is 0 Å². The molecule has 3 aromatic heterocycles. The number of pyridine rings is 1. The predicted octanol–water partition coefficient (Wildman–Crippen LogP) is -1.83. The van der Waals surface area contributed by atoms with Crippen LogP contribution in [0.2, 0.25) is 0 Å². The number of oxime groups is 1. The van der Waals surface area contributed by atoms with E-state index in [0.29, 0.717) is 24.3 Å². The molecule has 41 heavy (non-hydrogen) atoms. The number of aryl methyl sites for hydroxylation is 2. The van der Waals surface area contributed by atoms with Gasteiger partial charge in [-0.05, 0) is 30.1 Å². The Hall–Kier alpha value is -4.16. The topological polar surface area (TPSA) is 211 Å². The van der Waals surface area contributed by atoms with Crippen LogP contribution in [0.4, 0.5) is 9.52 Å². The van der Waals surface area contributed by atoms with Crippen molar-refractivity contribution in [3.8, 4) is 0 Å². The molecule has 0 bridgehead atoms. The summed E-state index contributed by atoms with van der Waals surface area (Å²) in [6, 6.07) is 2.68. The van der Waals surface area contributed by atoms with E-state index in [1.165, 1.54) is 11.8 Å². The predicted molar refractivity (Wildman–Crippen MR) is 143 cm³/mol. The van der Waals surface area contributed by atoms with Gasteiger partial charge < -0.3 is 36.1 Å². The van der Waals surface area contributed by atoms with Crippen molar-refractivity contribution >= 4 is 63.1 Å². The number of carbonyl (C=O) groups is 3. The van der Waals surface area contributed by atoms with Gasteiger partial charge in [0.1, 0.15) is 23.5 Å². The molecule has 216 valence electrons. The Balaban J connectivity index is 1.38. The van der Waals surface area contributed by atoms with E-state index in [0.717, 1.165) is 34.2 Å². The Morgan fingerprint density at radius 1 is 1.39 bits per heavy atom. The van der Waals surface area contributed by atoms with Crippen LogP contribution < -0.4 is 26.5 Å². The first-order valence-electron chi connectivity index (χ1n) is 12.3. The summed E-state index contributed by atoms with van der Waals surface area (Å²) in [6.07, 6.45) is 2.57. The number of hydrogen-bond acceptors (Lipinski definition) is 13. The maximum atomic E-state index is 13.1. The highest BCUT2D eigenvalue weighted by Gasteiger charge is 2.53. The SMILES string of the molecule is Cc1nc2c(ccc[n+]2CC2=C(C(=O)[O-])N3C(=O)C(NC(=O)/C(=N\OCF)c4nsc(N)n4)C3SC2)n1CCCN. The van der Waals surface area contributed by atoms with E-state index in [-0.39, 0.29) is 29.0 Å². The molecule has 2 aliphatic rings. The summed E-state index contributed by atoms with van der Waals surface area (Å²) in [5, 5.41) is 17.5. The minimum atomic E-state index is -1.51. The highest BCUT2D eigenvalue weighted by Crippen LogP contribution is 2.40. The Labute approximate surface area is 240 Å². The molecule has 0 aromatic carbocycles. The maximum Gasteiger partial charge on any atom is 0.349 e. The van der Waals surface area contributed by atoms with Gasteiger partial charge in [0, 0.05) is 36.3 Å². The zero-order chi connectivity index (χ0) is 29.3. The number of anilines is 1. The average molecular weight is 605 g/mol. The smallest absolute Gasteiger partial charge is 0.349 e. The highest BCUT2D eigenvalue weighted by molar-refractivity contribution is 8.00. The molecule has 5 N–H and O–H groups in total. The summed E-state index contributed by atoms with van der Waals surface area (Å²) < 4.78 is 20.3. The van der Waals surface area contributed by atoms with Gasteiger partial charge in [-0.15, -0.1) is 11.8 Å². The van der Waals surface area contributed by atoms with Crippen molar-refractivity contribution in [3.63, 3.8) is 0 Å². The third-order valence-electron chi connectivity index (χ3n) is 6.52. The number of carbonyl (C=O) groups excluding carboxylic acids is 3. The molecule has 1 saturated heterocycles. The number of nitrogens with one attached hydrogen (secondary N) is 1. The molecule has 2 amide bonds. The van der Waals surface area contributed by atoms with Crippen molar-refractivity contribution in [2.75, 3.05) is 24.9 Å². The summed E-state index contributed by atoms with van der Waals surface area (Å²) in [5.41, 5.74) is 12.5. The zero-order valence-corrected chi connectivity index (χ0v) is 23.3.